The molecule has 1 aliphatic rings. The van der Waals surface area contributed by atoms with Crippen LogP contribution in [0.25, 0.3) is 0 Å². The fraction of sp³-hybridized carbons (Fsp3) is 0.905. The number of hydrogen-bond donors (Lipinski definition) is 1. The SMILES string of the molecule is CCCC[P+](CCCC)(CCCC)CCCC.O=C1CC[C@@H](C(=O)[O-])N1. The number of carbonyl (C=O) groups is 2. The minimum absolute atomic E-state index is 0.204. The van der Waals surface area contributed by atoms with E-state index < -0.39 is 19.3 Å². The summed E-state index contributed by atoms with van der Waals surface area (Å²) in [5.74, 6) is -1.40. The Labute approximate surface area is 162 Å². The quantitative estimate of drug-likeness (QED) is 0.481. The lowest BCUT2D eigenvalue weighted by Gasteiger charge is -2.28. The number of carboxylic acids is 1. The Morgan fingerprint density at radius 2 is 1.31 bits per heavy atom. The number of amides is 1. The zero-order valence-corrected chi connectivity index (χ0v) is 18.5. The van der Waals surface area contributed by atoms with Crippen LogP contribution in [-0.4, -0.2) is 42.6 Å². The molecule has 1 fully saturated rings. The summed E-state index contributed by atoms with van der Waals surface area (Å²) >= 11 is 0. The Morgan fingerprint density at radius 3 is 1.50 bits per heavy atom. The van der Waals surface area contributed by atoms with E-state index in [2.05, 4.69) is 33.0 Å². The van der Waals surface area contributed by atoms with Gasteiger partial charge in [0, 0.05) is 13.7 Å². The van der Waals surface area contributed by atoms with Crippen molar-refractivity contribution in [1.82, 2.24) is 5.32 Å². The van der Waals surface area contributed by atoms with Gasteiger partial charge >= 0.3 is 0 Å². The Hall–Kier alpha value is -0.630. The van der Waals surface area contributed by atoms with Crippen LogP contribution < -0.4 is 10.4 Å². The number of rotatable bonds is 13. The standard InChI is InChI=1S/C16H36P.C5H7NO3/c1-5-9-13-17(14-10-6-2,15-11-7-3)16-12-8-4;7-4-2-1-3(6-4)5(8)9/h5-16H2,1-4H3;3H,1-2H2,(H,6,7)(H,8,9)/q+1;/p-1/t;3-/m.0/s1. The Kier molecular flexibility index (Phi) is 15.1. The van der Waals surface area contributed by atoms with Gasteiger partial charge in [0.2, 0.25) is 5.91 Å². The summed E-state index contributed by atoms with van der Waals surface area (Å²) in [6.45, 7) is 9.42. The minimum atomic E-state index is -1.19. The summed E-state index contributed by atoms with van der Waals surface area (Å²) in [7, 11) is -0.562. The zero-order chi connectivity index (χ0) is 19.8. The molecule has 1 rings (SSSR count). The van der Waals surface area contributed by atoms with Gasteiger partial charge in [0.15, 0.2) is 0 Å². The predicted octanol–water partition coefficient (Wildman–Crippen LogP) is 4.22. The lowest BCUT2D eigenvalue weighted by Crippen LogP contribution is -2.42. The second kappa shape index (κ2) is 15.4. The summed E-state index contributed by atoms with van der Waals surface area (Å²) < 4.78 is 0. The van der Waals surface area contributed by atoms with Crippen LogP contribution in [0.2, 0.25) is 0 Å². The molecule has 154 valence electrons. The lowest BCUT2D eigenvalue weighted by atomic mass is 10.2. The predicted molar refractivity (Wildman–Crippen MR) is 112 cm³/mol. The highest BCUT2D eigenvalue weighted by Crippen LogP contribution is 2.61. The van der Waals surface area contributed by atoms with Crippen molar-refractivity contribution in [2.45, 2.75) is 97.9 Å². The molecule has 26 heavy (non-hydrogen) atoms. The molecule has 5 heteroatoms. The summed E-state index contributed by atoms with van der Waals surface area (Å²) in [4.78, 5) is 20.4. The largest absolute Gasteiger partial charge is 0.548 e. The van der Waals surface area contributed by atoms with Gasteiger partial charge in [0.05, 0.1) is 36.7 Å². The second-order valence-corrected chi connectivity index (χ2v) is 12.1. The molecule has 0 aromatic rings. The summed E-state index contributed by atoms with van der Waals surface area (Å²) in [5.41, 5.74) is 0. The minimum Gasteiger partial charge on any atom is -0.548 e. The van der Waals surface area contributed by atoms with Crippen LogP contribution in [0.15, 0.2) is 0 Å². The summed E-state index contributed by atoms with van der Waals surface area (Å²) in [6.07, 6.45) is 18.6. The van der Waals surface area contributed by atoms with Crippen LogP contribution in [0.1, 0.15) is 91.9 Å². The number of carbonyl (C=O) groups excluding carboxylic acids is 2. The van der Waals surface area contributed by atoms with Gasteiger partial charge in [-0.3, -0.25) is 4.79 Å². The topological polar surface area (TPSA) is 69.2 Å². The number of carboxylic acid groups (broad SMARTS) is 1. The van der Waals surface area contributed by atoms with E-state index >= 15 is 0 Å². The Bertz CT molecular complexity index is 350. The molecule has 1 aliphatic heterocycles. The van der Waals surface area contributed by atoms with Crippen molar-refractivity contribution in [2.75, 3.05) is 24.6 Å². The first-order valence-electron chi connectivity index (χ1n) is 10.8. The number of unbranched alkanes of at least 4 members (excludes halogenated alkanes) is 4. The maximum atomic E-state index is 10.4. The van der Waals surface area contributed by atoms with E-state index in [4.69, 9.17) is 0 Å². The molecule has 4 nitrogen and oxygen atoms in total. The van der Waals surface area contributed by atoms with Gasteiger partial charge in [0.1, 0.15) is 0 Å². The highest BCUT2D eigenvalue weighted by Gasteiger charge is 2.34. The number of aliphatic carboxylic acids is 1. The van der Waals surface area contributed by atoms with E-state index in [1.807, 2.05) is 0 Å². The highest BCUT2D eigenvalue weighted by atomic mass is 31.2. The van der Waals surface area contributed by atoms with Crippen molar-refractivity contribution in [1.29, 1.82) is 0 Å². The summed E-state index contributed by atoms with van der Waals surface area (Å²) in [6, 6.07) is -0.752. The molecule has 0 aliphatic carbocycles. The molecular weight excluding hydrogens is 345 g/mol. The van der Waals surface area contributed by atoms with Gasteiger partial charge in [-0.05, 0) is 32.1 Å². The molecule has 0 aromatic carbocycles. The fourth-order valence-corrected chi connectivity index (χ4v) is 8.73. The third kappa shape index (κ3) is 11.2. The van der Waals surface area contributed by atoms with Crippen LogP contribution in [-0.2, 0) is 9.59 Å². The second-order valence-electron chi connectivity index (χ2n) is 7.63. The third-order valence-electron chi connectivity index (χ3n) is 5.22. The molecule has 0 bridgehead atoms. The van der Waals surface area contributed by atoms with Crippen molar-refractivity contribution in [3.8, 4) is 0 Å². The smallest absolute Gasteiger partial charge is 0.220 e. The number of nitrogens with one attached hydrogen (secondary N) is 1. The monoisotopic (exact) mass is 387 g/mol. The molecular formula is C21H42NO3P. The average Bonchev–Trinajstić information content (AvgIpc) is 3.08. The van der Waals surface area contributed by atoms with E-state index in [0.29, 0.717) is 12.8 Å². The molecule has 1 heterocycles. The van der Waals surface area contributed by atoms with Gasteiger partial charge < -0.3 is 15.2 Å². The van der Waals surface area contributed by atoms with Crippen LogP contribution >= 0.6 is 7.26 Å². The molecule has 1 N–H and O–H groups in total. The van der Waals surface area contributed by atoms with Gasteiger partial charge in [-0.2, -0.15) is 0 Å². The van der Waals surface area contributed by atoms with E-state index in [-0.39, 0.29) is 5.91 Å². The molecule has 1 saturated heterocycles. The van der Waals surface area contributed by atoms with E-state index in [0.717, 1.165) is 0 Å². The van der Waals surface area contributed by atoms with E-state index in [9.17, 15) is 14.7 Å². The lowest BCUT2D eigenvalue weighted by molar-refractivity contribution is -0.308. The molecule has 0 spiro atoms. The summed E-state index contributed by atoms with van der Waals surface area (Å²) in [5, 5.41) is 12.3. The van der Waals surface area contributed by atoms with Gasteiger partial charge in [-0.15, -0.1) is 0 Å². The van der Waals surface area contributed by atoms with E-state index in [1.54, 1.807) is 24.6 Å². The van der Waals surface area contributed by atoms with E-state index in [1.165, 1.54) is 51.4 Å². The first-order chi connectivity index (χ1) is 12.4. The molecule has 1 amide bonds. The van der Waals surface area contributed by atoms with Crippen molar-refractivity contribution in [3.63, 3.8) is 0 Å². The van der Waals surface area contributed by atoms with Gasteiger partial charge in [-0.1, -0.05) is 53.4 Å². The molecule has 0 unspecified atom stereocenters. The van der Waals surface area contributed by atoms with Crippen LogP contribution in [0, 0.1) is 0 Å². The Balaban J connectivity index is 0.000000577. The molecule has 1 atom stereocenters. The third-order valence-corrected chi connectivity index (χ3v) is 10.3. The zero-order valence-electron chi connectivity index (χ0n) is 17.6. The van der Waals surface area contributed by atoms with Crippen LogP contribution in [0.3, 0.4) is 0 Å². The maximum absolute atomic E-state index is 10.4. The maximum Gasteiger partial charge on any atom is 0.220 e. The van der Waals surface area contributed by atoms with Crippen molar-refractivity contribution in [3.05, 3.63) is 0 Å². The van der Waals surface area contributed by atoms with Crippen LogP contribution in [0.4, 0.5) is 0 Å². The van der Waals surface area contributed by atoms with Crippen molar-refractivity contribution in [2.24, 2.45) is 0 Å². The van der Waals surface area contributed by atoms with Gasteiger partial charge in [-0.25, -0.2) is 0 Å². The highest BCUT2D eigenvalue weighted by molar-refractivity contribution is 7.75. The molecule has 0 aromatic heterocycles. The first-order valence-corrected chi connectivity index (χ1v) is 13.3. The van der Waals surface area contributed by atoms with Gasteiger partial charge in [0.25, 0.3) is 0 Å². The number of hydrogen-bond acceptors (Lipinski definition) is 3. The van der Waals surface area contributed by atoms with Crippen molar-refractivity contribution >= 4 is 19.1 Å². The van der Waals surface area contributed by atoms with Crippen LogP contribution in [0.5, 0.6) is 0 Å². The first kappa shape index (κ1) is 25.4. The van der Waals surface area contributed by atoms with Crippen molar-refractivity contribution < 1.29 is 14.7 Å². The normalized spacial score (nSPS) is 16.8. The Morgan fingerprint density at radius 1 is 0.923 bits per heavy atom. The molecule has 0 saturated carbocycles. The average molecular weight is 388 g/mol. The molecule has 0 radical (unpaired) electrons. The fourth-order valence-electron chi connectivity index (χ4n) is 3.44.